The summed E-state index contributed by atoms with van der Waals surface area (Å²) in [6, 6.07) is 11.4. The lowest BCUT2D eigenvalue weighted by Crippen LogP contribution is -2.33. The van der Waals surface area contributed by atoms with Gasteiger partial charge in [0.2, 0.25) is 0 Å². The van der Waals surface area contributed by atoms with Crippen molar-refractivity contribution in [3.05, 3.63) is 76.9 Å². The lowest BCUT2D eigenvalue weighted by Gasteiger charge is -2.14. The zero-order chi connectivity index (χ0) is 23.6. The SMILES string of the molecule is O=C(NCC(F)(F)F)c1ccc(NC(=O)c2nn(-c3ccc(F)cc3)c3c2CCCC3)cc1. The van der Waals surface area contributed by atoms with Crippen LogP contribution in [0.25, 0.3) is 5.69 Å². The van der Waals surface area contributed by atoms with Crippen LogP contribution in [-0.4, -0.2) is 34.3 Å². The molecule has 3 aromatic rings. The molecule has 2 N–H and O–H groups in total. The maximum Gasteiger partial charge on any atom is 0.405 e. The molecule has 0 aliphatic heterocycles. The Morgan fingerprint density at radius 1 is 0.939 bits per heavy atom. The van der Waals surface area contributed by atoms with Gasteiger partial charge in [-0.1, -0.05) is 0 Å². The van der Waals surface area contributed by atoms with Gasteiger partial charge in [0.05, 0.1) is 5.69 Å². The van der Waals surface area contributed by atoms with Crippen molar-refractivity contribution in [1.82, 2.24) is 15.1 Å². The maximum atomic E-state index is 13.3. The Morgan fingerprint density at radius 3 is 2.27 bits per heavy atom. The van der Waals surface area contributed by atoms with E-state index in [2.05, 4.69) is 10.4 Å². The number of carbonyl (C=O) groups excluding carboxylic acids is 2. The van der Waals surface area contributed by atoms with E-state index in [9.17, 15) is 27.2 Å². The molecule has 0 radical (unpaired) electrons. The number of rotatable bonds is 5. The van der Waals surface area contributed by atoms with Gasteiger partial charge in [0.15, 0.2) is 5.69 Å². The summed E-state index contributed by atoms with van der Waals surface area (Å²) in [6.07, 6.45) is -1.19. The highest BCUT2D eigenvalue weighted by molar-refractivity contribution is 6.04. The molecule has 4 rings (SSSR count). The van der Waals surface area contributed by atoms with E-state index in [1.807, 2.05) is 0 Å². The zero-order valence-corrected chi connectivity index (χ0v) is 17.4. The minimum Gasteiger partial charge on any atom is -0.343 e. The summed E-state index contributed by atoms with van der Waals surface area (Å²) in [7, 11) is 0. The smallest absolute Gasteiger partial charge is 0.343 e. The molecule has 0 unspecified atom stereocenters. The number of nitrogens with one attached hydrogen (secondary N) is 2. The number of hydrogen-bond acceptors (Lipinski definition) is 3. The molecule has 2 aromatic carbocycles. The lowest BCUT2D eigenvalue weighted by atomic mass is 9.95. The fourth-order valence-electron chi connectivity index (χ4n) is 3.76. The minimum absolute atomic E-state index is 0.0372. The molecule has 6 nitrogen and oxygen atoms in total. The fourth-order valence-corrected chi connectivity index (χ4v) is 3.76. The summed E-state index contributed by atoms with van der Waals surface area (Å²) in [5, 5.41) is 9.00. The van der Waals surface area contributed by atoms with E-state index < -0.39 is 24.5 Å². The van der Waals surface area contributed by atoms with Gasteiger partial charge in [-0.2, -0.15) is 18.3 Å². The van der Waals surface area contributed by atoms with Crippen molar-refractivity contribution in [1.29, 1.82) is 0 Å². The Labute approximate surface area is 186 Å². The van der Waals surface area contributed by atoms with Crippen LogP contribution in [0.1, 0.15) is 44.9 Å². The highest BCUT2D eigenvalue weighted by Gasteiger charge is 2.28. The van der Waals surface area contributed by atoms with Gasteiger partial charge in [-0.15, -0.1) is 0 Å². The second-order valence-electron chi connectivity index (χ2n) is 7.70. The first-order valence-electron chi connectivity index (χ1n) is 10.3. The van der Waals surface area contributed by atoms with Gasteiger partial charge in [0.1, 0.15) is 12.4 Å². The summed E-state index contributed by atoms with van der Waals surface area (Å²) in [5.74, 6) is -1.67. The van der Waals surface area contributed by atoms with Crippen LogP contribution in [0.2, 0.25) is 0 Å². The molecule has 1 aliphatic rings. The highest BCUT2D eigenvalue weighted by Crippen LogP contribution is 2.28. The number of fused-ring (bicyclic) bond motifs is 1. The van der Waals surface area contributed by atoms with Crippen LogP contribution >= 0.6 is 0 Å². The third kappa shape index (κ3) is 5.21. The minimum atomic E-state index is -4.50. The average molecular weight is 460 g/mol. The van der Waals surface area contributed by atoms with E-state index in [0.717, 1.165) is 30.5 Å². The molecule has 1 heterocycles. The van der Waals surface area contributed by atoms with Gasteiger partial charge in [0.25, 0.3) is 11.8 Å². The molecule has 0 spiro atoms. The Hall–Kier alpha value is -3.69. The first-order chi connectivity index (χ1) is 15.7. The molecule has 1 aromatic heterocycles. The predicted octanol–water partition coefficient (Wildman–Crippen LogP) is 4.43. The predicted molar refractivity (Wildman–Crippen MR) is 113 cm³/mol. The van der Waals surface area contributed by atoms with Crippen molar-refractivity contribution >= 4 is 17.5 Å². The van der Waals surface area contributed by atoms with Gasteiger partial charge < -0.3 is 10.6 Å². The maximum absolute atomic E-state index is 13.3. The molecule has 172 valence electrons. The number of amides is 2. The van der Waals surface area contributed by atoms with Crippen molar-refractivity contribution in [3.63, 3.8) is 0 Å². The molecule has 0 saturated carbocycles. The lowest BCUT2D eigenvalue weighted by molar-refractivity contribution is -0.123. The molecular weight excluding hydrogens is 440 g/mol. The Kier molecular flexibility index (Phi) is 6.17. The molecule has 0 saturated heterocycles. The zero-order valence-electron chi connectivity index (χ0n) is 17.4. The van der Waals surface area contributed by atoms with Gasteiger partial charge in [-0.05, 0) is 74.2 Å². The van der Waals surface area contributed by atoms with Crippen LogP contribution in [0.5, 0.6) is 0 Å². The highest BCUT2D eigenvalue weighted by atomic mass is 19.4. The number of carbonyl (C=O) groups is 2. The number of alkyl halides is 3. The number of halogens is 4. The second-order valence-corrected chi connectivity index (χ2v) is 7.70. The van der Waals surface area contributed by atoms with E-state index in [0.29, 0.717) is 17.8 Å². The topological polar surface area (TPSA) is 76.0 Å². The first kappa shape index (κ1) is 22.5. The van der Waals surface area contributed by atoms with Crippen LogP contribution in [0.4, 0.5) is 23.2 Å². The van der Waals surface area contributed by atoms with Crippen molar-refractivity contribution in [2.24, 2.45) is 0 Å². The van der Waals surface area contributed by atoms with Crippen LogP contribution in [0, 0.1) is 5.82 Å². The van der Waals surface area contributed by atoms with E-state index in [1.54, 1.807) is 22.1 Å². The van der Waals surface area contributed by atoms with Crippen LogP contribution in [0.3, 0.4) is 0 Å². The number of anilines is 1. The van der Waals surface area contributed by atoms with E-state index in [1.165, 1.54) is 36.4 Å². The summed E-state index contributed by atoms with van der Waals surface area (Å²) in [4.78, 5) is 24.8. The van der Waals surface area contributed by atoms with Gasteiger partial charge >= 0.3 is 6.18 Å². The number of aromatic nitrogens is 2. The average Bonchev–Trinajstić information content (AvgIpc) is 3.18. The monoisotopic (exact) mass is 460 g/mol. The third-order valence-electron chi connectivity index (χ3n) is 5.32. The number of hydrogen-bond donors (Lipinski definition) is 2. The molecule has 33 heavy (non-hydrogen) atoms. The van der Waals surface area contributed by atoms with Gasteiger partial charge in [-0.25, -0.2) is 9.07 Å². The summed E-state index contributed by atoms with van der Waals surface area (Å²) in [6.45, 7) is -1.42. The van der Waals surface area contributed by atoms with Crippen molar-refractivity contribution in [2.45, 2.75) is 31.9 Å². The van der Waals surface area contributed by atoms with Crippen molar-refractivity contribution in [2.75, 3.05) is 11.9 Å². The van der Waals surface area contributed by atoms with Crippen molar-refractivity contribution in [3.8, 4) is 5.69 Å². The molecule has 0 atom stereocenters. The summed E-state index contributed by atoms with van der Waals surface area (Å²) in [5.41, 5.74) is 3.08. The van der Waals surface area contributed by atoms with E-state index in [-0.39, 0.29) is 17.1 Å². The quantitative estimate of drug-likeness (QED) is 0.553. The first-order valence-corrected chi connectivity index (χ1v) is 10.3. The summed E-state index contributed by atoms with van der Waals surface area (Å²) < 4.78 is 51.8. The third-order valence-corrected chi connectivity index (χ3v) is 5.32. The Morgan fingerprint density at radius 2 is 1.61 bits per heavy atom. The second kappa shape index (κ2) is 9.05. The Bertz CT molecular complexity index is 1170. The largest absolute Gasteiger partial charge is 0.405 e. The van der Waals surface area contributed by atoms with Gasteiger partial charge in [0, 0.05) is 22.5 Å². The molecular formula is C23H20F4N4O2. The van der Waals surface area contributed by atoms with E-state index in [4.69, 9.17) is 0 Å². The van der Waals surface area contributed by atoms with Gasteiger partial charge in [-0.3, -0.25) is 9.59 Å². The van der Waals surface area contributed by atoms with E-state index >= 15 is 0 Å². The Balaban J connectivity index is 1.52. The summed E-state index contributed by atoms with van der Waals surface area (Å²) >= 11 is 0. The molecule has 0 fully saturated rings. The molecule has 2 amide bonds. The fraction of sp³-hybridized carbons (Fsp3) is 0.261. The van der Waals surface area contributed by atoms with Crippen LogP contribution < -0.4 is 10.6 Å². The normalized spacial score (nSPS) is 13.3. The van der Waals surface area contributed by atoms with Crippen LogP contribution in [0.15, 0.2) is 48.5 Å². The standard InChI is InChI=1S/C23H20F4N4O2/c24-15-7-11-17(12-8-15)31-19-4-2-1-3-18(19)20(30-31)22(33)29-16-9-5-14(6-10-16)21(32)28-13-23(25,26)27/h5-12H,1-4,13H2,(H,28,32)(H,29,33). The number of nitrogens with zero attached hydrogens (tertiary/aromatic N) is 2. The molecule has 10 heteroatoms. The number of benzene rings is 2. The molecule has 0 bridgehead atoms. The molecule has 1 aliphatic carbocycles. The van der Waals surface area contributed by atoms with Crippen LogP contribution in [-0.2, 0) is 12.8 Å². The van der Waals surface area contributed by atoms with Crippen molar-refractivity contribution < 1.29 is 27.2 Å².